The molecule has 9 nitrogen and oxygen atoms in total. The van der Waals surface area contributed by atoms with Crippen molar-refractivity contribution in [1.82, 2.24) is 34.4 Å². The van der Waals surface area contributed by atoms with Gasteiger partial charge in [0.05, 0.1) is 0 Å². The highest BCUT2D eigenvalue weighted by atomic mass is 15.3. The Morgan fingerprint density at radius 2 is 1.73 bits per heavy atom. The van der Waals surface area contributed by atoms with Gasteiger partial charge in [-0.25, -0.2) is 14.5 Å². The lowest BCUT2D eigenvalue weighted by Crippen LogP contribution is -2.44. The molecule has 0 atom stereocenters. The smallest absolute Gasteiger partial charge is 0.247 e. The molecular weight excluding hydrogens is 414 g/mol. The molecule has 0 unspecified atom stereocenters. The van der Waals surface area contributed by atoms with Crippen molar-refractivity contribution in [2.45, 2.75) is 0 Å². The zero-order valence-electron chi connectivity index (χ0n) is 18.3. The van der Waals surface area contributed by atoms with Crippen molar-refractivity contribution in [3.05, 3.63) is 67.3 Å². The van der Waals surface area contributed by atoms with Crippen LogP contribution in [-0.4, -0.2) is 67.7 Å². The molecule has 4 aromatic heterocycles. The van der Waals surface area contributed by atoms with Gasteiger partial charge in [0.2, 0.25) is 5.95 Å². The summed E-state index contributed by atoms with van der Waals surface area (Å²) in [5.41, 5.74) is 6.16. The first-order chi connectivity index (χ1) is 16.2. The van der Waals surface area contributed by atoms with E-state index in [0.717, 1.165) is 54.2 Å². The third kappa shape index (κ3) is 3.83. The predicted octanol–water partition coefficient (Wildman–Crippen LogP) is 3.23. The molecule has 1 aliphatic heterocycles. The standard InChI is InChI=1S/C24H23N9/c1-31-11-13-32(14-12-31)19-6-4-18(5-7-19)28-24-29-23-20(3-2-10-33(23)30-24)17-15-21-22(27-16-17)26-9-8-25-21/h2-10,15-16H,11-14H2,1H3,(H,28,30). The van der Waals surface area contributed by atoms with Crippen LogP contribution in [0.1, 0.15) is 0 Å². The Bertz CT molecular complexity index is 1420. The number of piperazine rings is 1. The lowest BCUT2D eigenvalue weighted by atomic mass is 10.1. The molecule has 1 N–H and O–H groups in total. The van der Waals surface area contributed by atoms with Gasteiger partial charge in [-0.2, -0.15) is 4.98 Å². The highest BCUT2D eigenvalue weighted by Crippen LogP contribution is 2.26. The van der Waals surface area contributed by atoms with Gasteiger partial charge in [-0.15, -0.1) is 5.10 Å². The summed E-state index contributed by atoms with van der Waals surface area (Å²) in [7, 11) is 2.17. The van der Waals surface area contributed by atoms with Crippen LogP contribution in [0, 0.1) is 0 Å². The fourth-order valence-corrected chi connectivity index (χ4v) is 4.14. The summed E-state index contributed by atoms with van der Waals surface area (Å²) in [5.74, 6) is 0.545. The third-order valence-corrected chi connectivity index (χ3v) is 5.99. The van der Waals surface area contributed by atoms with Gasteiger partial charge in [0, 0.05) is 73.5 Å². The maximum absolute atomic E-state index is 4.75. The first kappa shape index (κ1) is 19.6. The summed E-state index contributed by atoms with van der Waals surface area (Å²) < 4.78 is 1.77. The molecule has 6 rings (SSSR count). The summed E-state index contributed by atoms with van der Waals surface area (Å²) in [6, 6.07) is 14.4. The highest BCUT2D eigenvalue weighted by molar-refractivity contribution is 5.83. The molecule has 0 radical (unpaired) electrons. The number of fused-ring (bicyclic) bond motifs is 2. The Balaban J connectivity index is 1.26. The zero-order valence-corrected chi connectivity index (χ0v) is 18.3. The van der Waals surface area contributed by atoms with E-state index in [0.29, 0.717) is 11.6 Å². The van der Waals surface area contributed by atoms with Gasteiger partial charge in [-0.1, -0.05) is 0 Å². The first-order valence-corrected chi connectivity index (χ1v) is 11.0. The molecule has 33 heavy (non-hydrogen) atoms. The molecule has 0 bridgehead atoms. The molecule has 5 aromatic rings. The van der Waals surface area contributed by atoms with Gasteiger partial charge in [0.15, 0.2) is 11.3 Å². The van der Waals surface area contributed by atoms with E-state index >= 15 is 0 Å². The predicted molar refractivity (Wildman–Crippen MR) is 129 cm³/mol. The van der Waals surface area contributed by atoms with Crippen molar-refractivity contribution >= 4 is 34.1 Å². The minimum Gasteiger partial charge on any atom is -0.369 e. The number of rotatable bonds is 4. The normalized spacial score (nSPS) is 14.8. The Hall–Kier alpha value is -4.11. The lowest BCUT2D eigenvalue weighted by molar-refractivity contribution is 0.313. The van der Waals surface area contributed by atoms with Gasteiger partial charge >= 0.3 is 0 Å². The molecule has 1 aliphatic rings. The van der Waals surface area contributed by atoms with Crippen molar-refractivity contribution in [2.24, 2.45) is 0 Å². The number of likely N-dealkylation sites (N-methyl/N-ethyl adjacent to an activating group) is 1. The van der Waals surface area contributed by atoms with Gasteiger partial charge < -0.3 is 15.1 Å². The number of hydrogen-bond donors (Lipinski definition) is 1. The minimum absolute atomic E-state index is 0.545. The Labute approximate surface area is 190 Å². The summed E-state index contributed by atoms with van der Waals surface area (Å²) in [4.78, 5) is 22.6. The second-order valence-corrected chi connectivity index (χ2v) is 8.21. The minimum atomic E-state index is 0.545. The quantitative estimate of drug-likeness (QED) is 0.459. The molecule has 0 saturated carbocycles. The molecule has 5 heterocycles. The van der Waals surface area contributed by atoms with Crippen LogP contribution in [0.4, 0.5) is 17.3 Å². The van der Waals surface area contributed by atoms with Crippen molar-refractivity contribution in [1.29, 1.82) is 0 Å². The molecular formula is C24H23N9. The lowest BCUT2D eigenvalue weighted by Gasteiger charge is -2.34. The maximum Gasteiger partial charge on any atom is 0.247 e. The topological polar surface area (TPSA) is 87.4 Å². The molecule has 0 spiro atoms. The number of pyridine rings is 2. The average molecular weight is 438 g/mol. The largest absolute Gasteiger partial charge is 0.369 e. The fraction of sp³-hybridized carbons (Fsp3) is 0.208. The summed E-state index contributed by atoms with van der Waals surface area (Å²) in [6.45, 7) is 4.28. The number of anilines is 3. The van der Waals surface area contributed by atoms with Gasteiger partial charge in [-0.05, 0) is 49.5 Å². The molecule has 164 valence electrons. The second kappa shape index (κ2) is 8.10. The summed E-state index contributed by atoms with van der Waals surface area (Å²) >= 11 is 0. The van der Waals surface area contributed by atoms with Crippen LogP contribution in [0.2, 0.25) is 0 Å². The number of nitrogens with zero attached hydrogens (tertiary/aromatic N) is 8. The van der Waals surface area contributed by atoms with E-state index in [1.807, 2.05) is 24.4 Å². The number of hydrogen-bond acceptors (Lipinski definition) is 8. The average Bonchev–Trinajstić information content (AvgIpc) is 3.27. The van der Waals surface area contributed by atoms with Crippen LogP contribution >= 0.6 is 0 Å². The van der Waals surface area contributed by atoms with E-state index in [9.17, 15) is 0 Å². The third-order valence-electron chi connectivity index (χ3n) is 5.99. The van der Waals surface area contributed by atoms with Gasteiger partial charge in [-0.3, -0.25) is 4.98 Å². The zero-order chi connectivity index (χ0) is 22.2. The summed E-state index contributed by atoms with van der Waals surface area (Å²) in [6.07, 6.45) is 7.00. The van der Waals surface area contributed by atoms with E-state index in [1.165, 1.54) is 5.69 Å². The van der Waals surface area contributed by atoms with Crippen LogP contribution in [0.25, 0.3) is 27.9 Å². The molecule has 0 amide bonds. The van der Waals surface area contributed by atoms with Crippen LogP contribution in [0.15, 0.2) is 67.3 Å². The van der Waals surface area contributed by atoms with Crippen molar-refractivity contribution < 1.29 is 0 Å². The van der Waals surface area contributed by atoms with Crippen LogP contribution in [0.5, 0.6) is 0 Å². The Morgan fingerprint density at radius 1 is 0.909 bits per heavy atom. The van der Waals surface area contributed by atoms with E-state index in [2.05, 4.69) is 66.5 Å². The van der Waals surface area contributed by atoms with Crippen LogP contribution in [-0.2, 0) is 0 Å². The molecule has 1 fully saturated rings. The van der Waals surface area contributed by atoms with Gasteiger partial charge in [0.25, 0.3) is 0 Å². The monoisotopic (exact) mass is 437 g/mol. The summed E-state index contributed by atoms with van der Waals surface area (Å²) in [5, 5.41) is 7.94. The number of aromatic nitrogens is 6. The van der Waals surface area contributed by atoms with Crippen molar-refractivity contribution in [3.63, 3.8) is 0 Å². The second-order valence-electron chi connectivity index (χ2n) is 8.21. The first-order valence-electron chi connectivity index (χ1n) is 11.0. The SMILES string of the molecule is CN1CCN(c2ccc(Nc3nc4c(-c5cnc6nccnc6c5)cccn4n3)cc2)CC1. The van der Waals surface area contributed by atoms with Crippen LogP contribution in [0.3, 0.4) is 0 Å². The van der Waals surface area contributed by atoms with E-state index in [4.69, 9.17) is 4.98 Å². The maximum atomic E-state index is 4.75. The van der Waals surface area contributed by atoms with Crippen LogP contribution < -0.4 is 10.2 Å². The van der Waals surface area contributed by atoms with Crippen molar-refractivity contribution in [2.75, 3.05) is 43.4 Å². The van der Waals surface area contributed by atoms with Gasteiger partial charge in [0.1, 0.15) is 5.52 Å². The van der Waals surface area contributed by atoms with E-state index in [-0.39, 0.29) is 0 Å². The highest BCUT2D eigenvalue weighted by Gasteiger charge is 2.15. The molecule has 1 aromatic carbocycles. The Morgan fingerprint density at radius 3 is 2.58 bits per heavy atom. The van der Waals surface area contributed by atoms with Crippen molar-refractivity contribution in [3.8, 4) is 11.1 Å². The fourth-order valence-electron chi connectivity index (χ4n) is 4.14. The van der Waals surface area contributed by atoms with E-state index in [1.54, 1.807) is 23.1 Å². The molecule has 9 heteroatoms. The molecule has 1 saturated heterocycles. The number of nitrogens with one attached hydrogen (secondary N) is 1. The molecule has 0 aliphatic carbocycles. The Kier molecular flexibility index (Phi) is 4.80. The van der Waals surface area contributed by atoms with E-state index < -0.39 is 0 Å². The number of benzene rings is 1.